The quantitative estimate of drug-likeness (QED) is 0.362. The average molecular weight is 439 g/mol. The van der Waals surface area contributed by atoms with Crippen molar-refractivity contribution in [1.82, 2.24) is 0 Å². The molecule has 0 radical (unpaired) electrons. The van der Waals surface area contributed by atoms with Gasteiger partial charge in [-0.05, 0) is 74.6 Å². The Hall–Kier alpha value is -3.32. The normalized spacial score (nSPS) is 18.4. The maximum atomic E-state index is 12.4. The van der Waals surface area contributed by atoms with Crippen LogP contribution in [0.2, 0.25) is 0 Å². The first-order valence-corrected chi connectivity index (χ1v) is 10.9. The SMILES string of the molecule is CCOC1CCC(OC(=O)c2ccc(/C=C/C(=O)OCc3cc(N)ccc3N)cc2)CC1. The van der Waals surface area contributed by atoms with Crippen LogP contribution in [0.25, 0.3) is 6.08 Å². The summed E-state index contributed by atoms with van der Waals surface area (Å²) in [6.45, 7) is 2.74. The molecule has 170 valence electrons. The summed E-state index contributed by atoms with van der Waals surface area (Å²) in [6, 6.07) is 11.9. The van der Waals surface area contributed by atoms with Crippen LogP contribution in [-0.2, 0) is 25.6 Å². The number of hydrogen-bond acceptors (Lipinski definition) is 7. The Balaban J connectivity index is 1.46. The Bertz CT molecular complexity index is 947. The molecule has 32 heavy (non-hydrogen) atoms. The number of anilines is 2. The van der Waals surface area contributed by atoms with E-state index in [9.17, 15) is 9.59 Å². The number of nitrogens with two attached hydrogens (primary N) is 2. The van der Waals surface area contributed by atoms with E-state index in [2.05, 4.69) is 0 Å². The zero-order chi connectivity index (χ0) is 22.9. The fourth-order valence-electron chi connectivity index (χ4n) is 3.61. The molecule has 1 aliphatic carbocycles. The molecule has 0 atom stereocenters. The molecule has 1 aliphatic rings. The molecule has 0 amide bonds. The van der Waals surface area contributed by atoms with Gasteiger partial charge in [0.1, 0.15) is 12.7 Å². The number of nitrogen functional groups attached to an aromatic ring is 2. The van der Waals surface area contributed by atoms with Gasteiger partial charge in [0, 0.05) is 29.6 Å². The van der Waals surface area contributed by atoms with Crippen LogP contribution >= 0.6 is 0 Å². The van der Waals surface area contributed by atoms with E-state index in [0.29, 0.717) is 29.1 Å². The minimum absolute atomic E-state index is 0.0390. The van der Waals surface area contributed by atoms with Crippen molar-refractivity contribution in [3.63, 3.8) is 0 Å². The van der Waals surface area contributed by atoms with E-state index in [-0.39, 0.29) is 24.8 Å². The highest BCUT2D eigenvalue weighted by Crippen LogP contribution is 2.24. The highest BCUT2D eigenvalue weighted by Gasteiger charge is 2.24. The molecule has 4 N–H and O–H groups in total. The van der Waals surface area contributed by atoms with Crippen molar-refractivity contribution in [2.75, 3.05) is 18.1 Å². The summed E-state index contributed by atoms with van der Waals surface area (Å²) in [7, 11) is 0. The lowest BCUT2D eigenvalue weighted by molar-refractivity contribution is -0.138. The summed E-state index contributed by atoms with van der Waals surface area (Å²) < 4.78 is 16.5. The van der Waals surface area contributed by atoms with Crippen molar-refractivity contribution in [2.45, 2.75) is 51.4 Å². The Morgan fingerprint density at radius 2 is 1.69 bits per heavy atom. The van der Waals surface area contributed by atoms with Crippen LogP contribution in [0, 0.1) is 0 Å². The van der Waals surface area contributed by atoms with Gasteiger partial charge in [-0.25, -0.2) is 9.59 Å². The number of benzene rings is 2. The van der Waals surface area contributed by atoms with Crippen LogP contribution in [0.15, 0.2) is 48.5 Å². The Morgan fingerprint density at radius 3 is 2.38 bits per heavy atom. The number of rotatable bonds is 8. The van der Waals surface area contributed by atoms with Gasteiger partial charge in [-0.15, -0.1) is 0 Å². The molecular formula is C25H30N2O5. The van der Waals surface area contributed by atoms with Gasteiger partial charge in [-0.1, -0.05) is 12.1 Å². The van der Waals surface area contributed by atoms with Crippen LogP contribution in [0.1, 0.15) is 54.1 Å². The Morgan fingerprint density at radius 1 is 1.00 bits per heavy atom. The molecule has 7 nitrogen and oxygen atoms in total. The van der Waals surface area contributed by atoms with Crippen molar-refractivity contribution < 1.29 is 23.8 Å². The highest BCUT2D eigenvalue weighted by molar-refractivity contribution is 5.90. The Labute approximate surface area is 188 Å². The molecule has 7 heteroatoms. The molecule has 0 saturated heterocycles. The molecule has 2 aromatic rings. The number of hydrogen-bond donors (Lipinski definition) is 2. The second-order valence-corrected chi connectivity index (χ2v) is 7.78. The molecule has 3 rings (SSSR count). The lowest BCUT2D eigenvalue weighted by Gasteiger charge is -2.28. The van der Waals surface area contributed by atoms with Crippen LogP contribution < -0.4 is 11.5 Å². The van der Waals surface area contributed by atoms with Crippen molar-refractivity contribution in [3.8, 4) is 0 Å². The van der Waals surface area contributed by atoms with E-state index in [1.807, 2.05) is 6.92 Å². The topological polar surface area (TPSA) is 114 Å². The molecule has 1 fully saturated rings. The summed E-state index contributed by atoms with van der Waals surface area (Å²) in [5, 5.41) is 0. The average Bonchev–Trinajstić information content (AvgIpc) is 2.80. The number of carbonyl (C=O) groups excluding carboxylic acids is 2. The monoisotopic (exact) mass is 438 g/mol. The molecule has 1 saturated carbocycles. The second kappa shape index (κ2) is 11.3. The van der Waals surface area contributed by atoms with Crippen molar-refractivity contribution >= 4 is 29.4 Å². The number of carbonyl (C=O) groups is 2. The first kappa shape index (κ1) is 23.3. The molecular weight excluding hydrogens is 408 g/mol. The minimum atomic E-state index is -0.502. The van der Waals surface area contributed by atoms with Gasteiger partial charge in [0.15, 0.2) is 0 Å². The standard InChI is InChI=1S/C25H30N2O5/c1-2-30-21-9-11-22(12-10-21)32-25(29)18-6-3-17(4-7-18)5-14-24(28)31-16-19-15-20(26)8-13-23(19)27/h3-8,13-15,21-22H,2,9-12,16,26-27H2,1H3/b14-5+. The van der Waals surface area contributed by atoms with Crippen molar-refractivity contribution in [3.05, 3.63) is 65.2 Å². The molecule has 0 aromatic heterocycles. The van der Waals surface area contributed by atoms with E-state index in [4.69, 9.17) is 25.7 Å². The predicted octanol–water partition coefficient (Wildman–Crippen LogP) is 4.11. The van der Waals surface area contributed by atoms with Gasteiger partial charge in [0.05, 0.1) is 11.7 Å². The lowest BCUT2D eigenvalue weighted by atomic mass is 9.95. The third-order valence-electron chi connectivity index (χ3n) is 5.39. The van der Waals surface area contributed by atoms with E-state index in [0.717, 1.165) is 31.2 Å². The van der Waals surface area contributed by atoms with Crippen LogP contribution in [0.5, 0.6) is 0 Å². The summed E-state index contributed by atoms with van der Waals surface area (Å²) in [6.07, 6.45) is 6.62. The summed E-state index contributed by atoms with van der Waals surface area (Å²) in [5.41, 5.74) is 14.5. The van der Waals surface area contributed by atoms with Crippen LogP contribution in [0.4, 0.5) is 11.4 Å². The molecule has 0 bridgehead atoms. The maximum Gasteiger partial charge on any atom is 0.338 e. The maximum absolute atomic E-state index is 12.4. The van der Waals surface area contributed by atoms with E-state index in [1.54, 1.807) is 48.5 Å². The van der Waals surface area contributed by atoms with Crippen LogP contribution in [-0.4, -0.2) is 30.8 Å². The first-order valence-electron chi connectivity index (χ1n) is 10.9. The zero-order valence-electron chi connectivity index (χ0n) is 18.3. The third-order valence-corrected chi connectivity index (χ3v) is 5.39. The number of esters is 2. The third kappa shape index (κ3) is 6.85. The molecule has 2 aromatic carbocycles. The molecule has 0 spiro atoms. The van der Waals surface area contributed by atoms with Gasteiger partial charge in [0.2, 0.25) is 0 Å². The summed E-state index contributed by atoms with van der Waals surface area (Å²) >= 11 is 0. The van der Waals surface area contributed by atoms with Crippen molar-refractivity contribution in [2.24, 2.45) is 0 Å². The number of ether oxygens (including phenoxy) is 3. The van der Waals surface area contributed by atoms with Gasteiger partial charge in [-0.2, -0.15) is 0 Å². The Kier molecular flexibility index (Phi) is 8.27. The fourth-order valence-corrected chi connectivity index (χ4v) is 3.61. The van der Waals surface area contributed by atoms with Crippen molar-refractivity contribution in [1.29, 1.82) is 0 Å². The molecule has 0 heterocycles. The predicted molar refractivity (Wildman–Crippen MR) is 124 cm³/mol. The molecule has 0 unspecified atom stereocenters. The van der Waals surface area contributed by atoms with E-state index < -0.39 is 5.97 Å². The fraction of sp³-hybridized carbons (Fsp3) is 0.360. The summed E-state index contributed by atoms with van der Waals surface area (Å²) in [5.74, 6) is -0.836. The largest absolute Gasteiger partial charge is 0.459 e. The van der Waals surface area contributed by atoms with Gasteiger partial charge < -0.3 is 25.7 Å². The van der Waals surface area contributed by atoms with Gasteiger partial charge in [-0.3, -0.25) is 0 Å². The van der Waals surface area contributed by atoms with E-state index in [1.165, 1.54) is 6.08 Å². The van der Waals surface area contributed by atoms with Gasteiger partial charge >= 0.3 is 11.9 Å². The smallest absolute Gasteiger partial charge is 0.338 e. The lowest BCUT2D eigenvalue weighted by Crippen LogP contribution is -2.28. The highest BCUT2D eigenvalue weighted by atomic mass is 16.5. The van der Waals surface area contributed by atoms with Crippen LogP contribution in [0.3, 0.4) is 0 Å². The van der Waals surface area contributed by atoms with Gasteiger partial charge in [0.25, 0.3) is 0 Å². The zero-order valence-corrected chi connectivity index (χ0v) is 18.3. The van der Waals surface area contributed by atoms with E-state index >= 15 is 0 Å². The second-order valence-electron chi connectivity index (χ2n) is 7.78. The summed E-state index contributed by atoms with van der Waals surface area (Å²) in [4.78, 5) is 24.4. The minimum Gasteiger partial charge on any atom is -0.459 e. The first-order chi connectivity index (χ1) is 15.4. The molecule has 0 aliphatic heterocycles.